The molecule has 0 N–H and O–H groups in total. The van der Waals surface area contributed by atoms with Crippen LogP contribution in [0.4, 0.5) is 33.4 Å². The minimum absolute atomic E-state index is 0.0107. The van der Waals surface area contributed by atoms with E-state index >= 15 is 0 Å². The van der Waals surface area contributed by atoms with E-state index in [0.29, 0.717) is 11.8 Å². The Bertz CT molecular complexity index is 2870. The minimum atomic E-state index is -0.105. The highest BCUT2D eigenvalue weighted by molar-refractivity contribution is 7.21. The second-order valence-corrected chi connectivity index (χ2v) is 25.3. The van der Waals surface area contributed by atoms with Crippen LogP contribution in [0, 0.1) is 5.92 Å². The average Bonchev–Trinajstić information content (AvgIpc) is 3.62. The third kappa shape index (κ3) is 6.62. The molecule has 0 fully saturated rings. The van der Waals surface area contributed by atoms with Crippen LogP contribution in [0.5, 0.6) is 0 Å². The summed E-state index contributed by atoms with van der Waals surface area (Å²) in [5, 5.41) is 1.38. The van der Waals surface area contributed by atoms with Crippen molar-refractivity contribution in [3.8, 4) is 11.1 Å². The highest BCUT2D eigenvalue weighted by Gasteiger charge is 2.51. The molecule has 6 aromatic rings. The highest BCUT2D eigenvalue weighted by Crippen LogP contribution is 2.56. The van der Waals surface area contributed by atoms with Gasteiger partial charge in [-0.2, -0.15) is 0 Å². The van der Waals surface area contributed by atoms with Crippen LogP contribution in [0.3, 0.4) is 0 Å². The van der Waals surface area contributed by atoms with E-state index in [9.17, 15) is 0 Å². The Morgan fingerprint density at radius 1 is 0.609 bits per heavy atom. The molecule has 0 spiro atoms. The lowest BCUT2D eigenvalue weighted by molar-refractivity contribution is 0.333. The van der Waals surface area contributed by atoms with Gasteiger partial charge in [-0.15, -0.1) is 11.3 Å². The predicted molar refractivity (Wildman–Crippen MR) is 282 cm³/mol. The van der Waals surface area contributed by atoms with Crippen LogP contribution in [0.25, 0.3) is 17.2 Å². The number of benzene rings is 5. The fourth-order valence-corrected chi connectivity index (χ4v) is 12.8. The van der Waals surface area contributed by atoms with Crippen LogP contribution in [-0.2, 0) is 27.1 Å². The summed E-state index contributed by atoms with van der Waals surface area (Å²) in [5.41, 5.74) is 22.0. The van der Waals surface area contributed by atoms with Crippen LogP contribution in [0.1, 0.15) is 161 Å². The standard InChI is InChI=1S/C60H69BN2S/c1-36-21-30-49-50(37(36)2)53-55(64-49)62(42-25-22-39(23-26-42)56(3,4)5)47-34-41(58(9,10)11)35-48-52(47)61(53)45-28-27-44-51(60(14,15)32-31-59(44,12)13)54(45)63(48)46-29-24-40(57(6,7)8)33-43(46)38-19-17-16-18-20-38/h16-30,33-37H,31-32H2,1-15H3. The molecule has 10 rings (SSSR count). The quantitative estimate of drug-likeness (QED) is 0.163. The minimum Gasteiger partial charge on any atom is -0.310 e. The molecule has 64 heavy (non-hydrogen) atoms. The molecule has 0 radical (unpaired) electrons. The number of rotatable bonds is 3. The van der Waals surface area contributed by atoms with Gasteiger partial charge in [0.15, 0.2) is 0 Å². The Balaban J connectivity index is 1.40. The molecule has 5 aromatic carbocycles. The van der Waals surface area contributed by atoms with Gasteiger partial charge in [-0.3, -0.25) is 0 Å². The Kier molecular flexibility index (Phi) is 9.67. The van der Waals surface area contributed by atoms with Gasteiger partial charge in [-0.1, -0.05) is 171 Å². The summed E-state index contributed by atoms with van der Waals surface area (Å²) >= 11 is 2.01. The van der Waals surface area contributed by atoms with Gasteiger partial charge >= 0.3 is 0 Å². The van der Waals surface area contributed by atoms with Gasteiger partial charge in [-0.05, 0) is 150 Å². The molecule has 2 aliphatic heterocycles. The van der Waals surface area contributed by atoms with Crippen molar-refractivity contribution in [2.45, 2.75) is 150 Å². The normalized spacial score (nSPS) is 19.5. The number of hydrogen-bond acceptors (Lipinski definition) is 3. The van der Waals surface area contributed by atoms with Crippen molar-refractivity contribution >= 4 is 74.0 Å². The molecule has 0 saturated heterocycles. The first-order chi connectivity index (χ1) is 30.0. The number of thiophene rings is 1. The van der Waals surface area contributed by atoms with E-state index in [1.165, 1.54) is 100 Å². The molecule has 2 nitrogen and oxygen atoms in total. The zero-order valence-electron chi connectivity index (χ0n) is 41.3. The molecule has 4 aliphatic rings. The van der Waals surface area contributed by atoms with Crippen LogP contribution < -0.4 is 26.2 Å². The lowest BCUT2D eigenvalue weighted by Crippen LogP contribution is -2.62. The zero-order valence-corrected chi connectivity index (χ0v) is 42.2. The summed E-state index contributed by atoms with van der Waals surface area (Å²) < 4.78 is 0. The number of anilines is 6. The fraction of sp³-hybridized carbons (Fsp3) is 0.400. The summed E-state index contributed by atoms with van der Waals surface area (Å²) in [7, 11) is 0. The molecular formula is C60H69BN2S. The van der Waals surface area contributed by atoms with Crippen molar-refractivity contribution in [3.05, 3.63) is 141 Å². The van der Waals surface area contributed by atoms with Crippen molar-refractivity contribution in [2.75, 3.05) is 9.80 Å². The van der Waals surface area contributed by atoms with E-state index in [2.05, 4.69) is 223 Å². The molecule has 0 amide bonds. The Labute approximate surface area is 389 Å². The van der Waals surface area contributed by atoms with Gasteiger partial charge in [-0.25, -0.2) is 0 Å². The first kappa shape index (κ1) is 43.1. The van der Waals surface area contributed by atoms with Crippen LogP contribution in [-0.4, -0.2) is 6.71 Å². The molecular weight excluding hydrogens is 792 g/mol. The predicted octanol–water partition coefficient (Wildman–Crippen LogP) is 15.5. The smallest absolute Gasteiger partial charge is 0.253 e. The van der Waals surface area contributed by atoms with Crippen molar-refractivity contribution < 1.29 is 0 Å². The van der Waals surface area contributed by atoms with E-state index < -0.39 is 0 Å². The Morgan fingerprint density at radius 3 is 1.86 bits per heavy atom. The fourth-order valence-electron chi connectivity index (χ4n) is 11.5. The summed E-state index contributed by atoms with van der Waals surface area (Å²) in [5.74, 6) is 0.848. The van der Waals surface area contributed by atoms with E-state index in [-0.39, 0.29) is 33.8 Å². The first-order valence-corrected chi connectivity index (χ1v) is 24.9. The molecule has 0 saturated carbocycles. The number of allylic oxidation sites excluding steroid dienone is 1. The number of hydrogen-bond donors (Lipinski definition) is 0. The molecule has 2 aliphatic carbocycles. The zero-order chi connectivity index (χ0) is 45.6. The largest absolute Gasteiger partial charge is 0.310 e. The molecule has 2 atom stereocenters. The maximum Gasteiger partial charge on any atom is 0.253 e. The topological polar surface area (TPSA) is 6.48 Å². The molecule has 3 heterocycles. The number of nitrogens with zero attached hydrogens (tertiary/aromatic N) is 2. The van der Waals surface area contributed by atoms with Gasteiger partial charge in [0.05, 0.1) is 10.7 Å². The highest BCUT2D eigenvalue weighted by atomic mass is 32.1. The van der Waals surface area contributed by atoms with Crippen molar-refractivity contribution in [1.82, 2.24) is 0 Å². The molecule has 4 heteroatoms. The van der Waals surface area contributed by atoms with E-state index in [1.807, 2.05) is 11.3 Å². The maximum absolute atomic E-state index is 2.79. The SMILES string of the molecule is CC1C=Cc2sc3c(c2C1C)B1c2ccc4c(c2N(c2ccc(C(C)(C)C)cc2-c2ccccc2)c2cc(C(C)(C)C)cc(c21)N3c1ccc(C(C)(C)C)cc1)C(C)(C)CCC4(C)C. The van der Waals surface area contributed by atoms with Gasteiger partial charge in [0.25, 0.3) is 6.71 Å². The van der Waals surface area contributed by atoms with Crippen LogP contribution in [0.15, 0.2) is 103 Å². The Hall–Kier alpha value is -4.80. The van der Waals surface area contributed by atoms with E-state index in [1.54, 1.807) is 5.56 Å². The summed E-state index contributed by atoms with van der Waals surface area (Å²) in [6.07, 6.45) is 7.23. The van der Waals surface area contributed by atoms with Gasteiger partial charge in [0.1, 0.15) is 0 Å². The maximum atomic E-state index is 2.79. The van der Waals surface area contributed by atoms with Crippen molar-refractivity contribution in [1.29, 1.82) is 0 Å². The van der Waals surface area contributed by atoms with E-state index in [4.69, 9.17) is 0 Å². The summed E-state index contributed by atoms with van der Waals surface area (Å²) in [4.78, 5) is 6.88. The Morgan fingerprint density at radius 2 is 1.22 bits per heavy atom. The first-order valence-electron chi connectivity index (χ1n) is 24.1. The third-order valence-corrected chi connectivity index (χ3v) is 16.9. The lowest BCUT2D eigenvalue weighted by Gasteiger charge is -2.50. The van der Waals surface area contributed by atoms with Crippen LogP contribution in [0.2, 0.25) is 0 Å². The number of fused-ring (bicyclic) bond motifs is 8. The lowest BCUT2D eigenvalue weighted by atomic mass is 9.32. The second kappa shape index (κ2) is 14.4. The van der Waals surface area contributed by atoms with Gasteiger partial charge in [0, 0.05) is 33.2 Å². The summed E-state index contributed by atoms with van der Waals surface area (Å²) in [6, 6.07) is 38.5. The average molecular weight is 861 g/mol. The monoisotopic (exact) mass is 861 g/mol. The summed E-state index contributed by atoms with van der Waals surface area (Å²) in [6.45, 7) is 36.2. The van der Waals surface area contributed by atoms with E-state index in [0.717, 1.165) is 6.42 Å². The van der Waals surface area contributed by atoms with Gasteiger partial charge < -0.3 is 9.80 Å². The molecule has 1 aromatic heterocycles. The van der Waals surface area contributed by atoms with Gasteiger partial charge in [0.2, 0.25) is 0 Å². The van der Waals surface area contributed by atoms with Crippen molar-refractivity contribution in [2.24, 2.45) is 5.92 Å². The second-order valence-electron chi connectivity index (χ2n) is 24.2. The molecule has 2 unspecified atom stereocenters. The van der Waals surface area contributed by atoms with Crippen LogP contribution >= 0.6 is 11.3 Å². The van der Waals surface area contributed by atoms with Crippen molar-refractivity contribution in [3.63, 3.8) is 0 Å². The third-order valence-electron chi connectivity index (χ3n) is 15.8. The molecule has 328 valence electrons. The molecule has 0 bridgehead atoms.